The summed E-state index contributed by atoms with van der Waals surface area (Å²) < 4.78 is 95.3. The van der Waals surface area contributed by atoms with Crippen LogP contribution in [0.5, 0.6) is 0 Å². The number of benzene rings is 4. The number of aryl methyl sites for hydroxylation is 4. The molecule has 4 aromatic carbocycles. The molecule has 3 aromatic heterocycles. The summed E-state index contributed by atoms with van der Waals surface area (Å²) in [7, 11) is 0. The van der Waals surface area contributed by atoms with E-state index in [1.807, 2.05) is 25.1 Å². The summed E-state index contributed by atoms with van der Waals surface area (Å²) in [6.07, 6.45) is 2.97. The molecule has 6 heteroatoms. The van der Waals surface area contributed by atoms with Crippen molar-refractivity contribution in [3.05, 3.63) is 137 Å². The summed E-state index contributed by atoms with van der Waals surface area (Å²) in [6.45, 7) is -5.34. The van der Waals surface area contributed by atoms with Gasteiger partial charge in [-0.25, -0.2) is 0 Å². The molecule has 1 radical (unpaired) electrons. The predicted molar refractivity (Wildman–Crippen MR) is 196 cm³/mol. The van der Waals surface area contributed by atoms with Crippen molar-refractivity contribution in [2.45, 2.75) is 44.7 Å². The van der Waals surface area contributed by atoms with E-state index in [2.05, 4.69) is 39.4 Å². The van der Waals surface area contributed by atoms with Crippen LogP contribution >= 0.6 is 0 Å². The molecule has 7 aromatic rings. The third-order valence-electron chi connectivity index (χ3n) is 7.71. The van der Waals surface area contributed by atoms with Gasteiger partial charge in [-0.2, -0.15) is 5.26 Å². The molecule has 241 valence electrons. The number of nitrogens with zero attached hydrogens (tertiary/aromatic N) is 3. The van der Waals surface area contributed by atoms with Gasteiger partial charge < -0.3 is 4.98 Å². The number of aromatic nitrogens is 2. The summed E-state index contributed by atoms with van der Waals surface area (Å²) >= 11 is -2.57. The van der Waals surface area contributed by atoms with E-state index in [4.69, 9.17) is 19.5 Å². The fourth-order valence-electron chi connectivity index (χ4n) is 5.09. The number of rotatable bonds is 4. The molecule has 0 aliphatic rings. The number of pyridine rings is 2. The SMILES string of the molecule is [2H]C([2H])([2H])c1c[c-]c(-c2ccc(C)cn2)cc1.[2H]c1c[c]([Ge]([CH3])([CH3])[CH3])cc(C([2H])([2H])[2H])c1-c1cc(-c2[c-]ccc3c2oc2c([2H])c(C#N)ccc23)ncc1C([2H])([2H])[2H].[Ir]. The van der Waals surface area contributed by atoms with Crippen LogP contribution < -0.4 is 4.40 Å². The van der Waals surface area contributed by atoms with Crippen LogP contribution in [0.25, 0.3) is 55.6 Å². The standard InChI is InChI=1S/C29H25GeN2O.C13H12N.Ir/c1-18-13-21(30(3,4)5)10-12-22(18)26-15-27(32-17-19(26)2)25-8-6-7-24-23-11-9-20(16-31)14-28(23)33-29(24)25;1-10-3-6-12(7-4-10)13-8-5-11(2)9-14-13;/h6-7,9-15,17H,1-5H3;3-6,8-9H,1-2H3;/q2*-1;/i1D3,2D3,12D,14D;1D3;. The molecular formula is C42H37GeIrN3O-2. The summed E-state index contributed by atoms with van der Waals surface area (Å²) in [5.74, 6) is 6.30. The normalized spacial score (nSPS) is 15.2. The molecule has 0 atom stereocenters. The maximum absolute atomic E-state index is 9.35. The van der Waals surface area contributed by atoms with E-state index in [1.165, 1.54) is 18.3 Å². The first-order valence-electron chi connectivity index (χ1n) is 20.4. The van der Waals surface area contributed by atoms with Crippen LogP contribution in [0, 0.1) is 50.9 Å². The van der Waals surface area contributed by atoms with Crippen LogP contribution in [0.3, 0.4) is 0 Å². The van der Waals surface area contributed by atoms with E-state index in [1.54, 1.807) is 54.7 Å². The number of nitriles is 1. The molecule has 0 spiro atoms. The largest absolute Gasteiger partial charge is 0 e. The van der Waals surface area contributed by atoms with Crippen molar-refractivity contribution in [3.8, 4) is 39.7 Å². The zero-order chi connectivity index (χ0) is 42.5. The topological polar surface area (TPSA) is 62.7 Å². The first-order valence-corrected chi connectivity index (χ1v) is 22.2. The molecule has 0 unspecified atom stereocenters. The second kappa shape index (κ2) is 14.4. The maximum atomic E-state index is 9.35. The van der Waals surface area contributed by atoms with Gasteiger partial charge in [0.05, 0.1) is 13.0 Å². The molecule has 0 fully saturated rings. The van der Waals surface area contributed by atoms with Gasteiger partial charge in [-0.3, -0.25) is 0 Å². The molecule has 48 heavy (non-hydrogen) atoms. The average molecular weight is 876 g/mol. The molecule has 4 nitrogen and oxygen atoms in total. The van der Waals surface area contributed by atoms with Crippen molar-refractivity contribution in [2.75, 3.05) is 0 Å². The minimum atomic E-state index is -2.64. The Hall–Kier alpha value is -4.34. The molecular weight excluding hydrogens is 827 g/mol. The van der Waals surface area contributed by atoms with E-state index in [0.717, 1.165) is 21.2 Å². The average Bonchev–Trinajstić information content (AvgIpc) is 3.53. The van der Waals surface area contributed by atoms with E-state index in [9.17, 15) is 5.26 Å². The van der Waals surface area contributed by atoms with Crippen LogP contribution in [0.2, 0.25) is 17.3 Å². The van der Waals surface area contributed by atoms with Crippen LogP contribution in [-0.2, 0) is 20.1 Å². The van der Waals surface area contributed by atoms with Crippen LogP contribution in [0.15, 0.2) is 102 Å². The zero-order valence-electron chi connectivity index (χ0n) is 37.7. The summed E-state index contributed by atoms with van der Waals surface area (Å²) in [5.41, 5.74) is 4.21. The molecule has 0 aliphatic heterocycles. The minimum Gasteiger partial charge on any atom is 0 e. The monoisotopic (exact) mass is 877 g/mol. The maximum Gasteiger partial charge on any atom is 0 e. The first-order chi connectivity index (χ1) is 27.0. The van der Waals surface area contributed by atoms with Crippen molar-refractivity contribution in [1.29, 1.82) is 5.26 Å². The van der Waals surface area contributed by atoms with E-state index in [-0.39, 0.29) is 71.3 Å². The second-order valence-corrected chi connectivity index (χ2v) is 22.8. The van der Waals surface area contributed by atoms with E-state index in [0.29, 0.717) is 27.5 Å². The van der Waals surface area contributed by atoms with Crippen LogP contribution in [0.1, 0.15) is 42.9 Å². The number of furan rings is 1. The van der Waals surface area contributed by atoms with Crippen molar-refractivity contribution < 1.29 is 39.6 Å². The molecule has 0 bridgehead atoms. The van der Waals surface area contributed by atoms with Crippen LogP contribution in [0.4, 0.5) is 0 Å². The fourth-order valence-corrected chi connectivity index (χ4v) is 7.36. The third kappa shape index (κ3) is 7.37. The van der Waals surface area contributed by atoms with Crippen molar-refractivity contribution >= 4 is 39.6 Å². The van der Waals surface area contributed by atoms with Crippen LogP contribution in [-0.4, -0.2) is 23.2 Å². The fraction of sp³-hybridized carbons (Fsp3) is 0.167. The Morgan fingerprint density at radius 3 is 2.33 bits per heavy atom. The van der Waals surface area contributed by atoms with Gasteiger partial charge in [0.25, 0.3) is 0 Å². The summed E-state index contributed by atoms with van der Waals surface area (Å²) in [4.78, 5) is 8.68. The van der Waals surface area contributed by atoms with Gasteiger partial charge >= 0.3 is 184 Å². The Balaban J connectivity index is 0.000000307. The number of fused-ring (bicyclic) bond motifs is 3. The van der Waals surface area contributed by atoms with Gasteiger partial charge in [-0.05, 0) is 24.2 Å². The molecule has 0 aliphatic carbocycles. The number of hydrogen-bond acceptors (Lipinski definition) is 4. The molecule has 0 amide bonds. The predicted octanol–water partition coefficient (Wildman–Crippen LogP) is 10.3. The van der Waals surface area contributed by atoms with Gasteiger partial charge in [0.2, 0.25) is 0 Å². The molecule has 0 saturated heterocycles. The van der Waals surface area contributed by atoms with Gasteiger partial charge in [0.1, 0.15) is 0 Å². The molecule has 7 rings (SSSR count). The third-order valence-corrected chi connectivity index (χ3v) is 11.9. The Kier molecular flexibility index (Phi) is 6.94. The molecule has 0 saturated carbocycles. The first kappa shape index (κ1) is 23.1. The quantitative estimate of drug-likeness (QED) is 0.131. The molecule has 0 N–H and O–H groups in total. The summed E-state index contributed by atoms with van der Waals surface area (Å²) in [6, 6.07) is 28.0. The Morgan fingerprint density at radius 2 is 1.65 bits per heavy atom. The van der Waals surface area contributed by atoms with Crippen molar-refractivity contribution in [2.24, 2.45) is 0 Å². The van der Waals surface area contributed by atoms with E-state index < -0.39 is 33.8 Å². The van der Waals surface area contributed by atoms with Crippen molar-refractivity contribution in [1.82, 2.24) is 9.97 Å². The minimum absolute atomic E-state index is 0. The smallest absolute Gasteiger partial charge is 0 e. The number of hydrogen-bond donors (Lipinski definition) is 0. The Morgan fingerprint density at radius 1 is 0.833 bits per heavy atom. The van der Waals surface area contributed by atoms with E-state index >= 15 is 0 Å². The summed E-state index contributed by atoms with van der Waals surface area (Å²) in [5, 5.41) is 10.6. The second-order valence-electron chi connectivity index (χ2n) is 12.2. The zero-order valence-corrected chi connectivity index (χ0v) is 31.2. The van der Waals surface area contributed by atoms with Gasteiger partial charge in [0, 0.05) is 30.4 Å². The van der Waals surface area contributed by atoms with Crippen molar-refractivity contribution in [3.63, 3.8) is 0 Å². The Labute approximate surface area is 315 Å². The Bertz CT molecular complexity index is 2710. The van der Waals surface area contributed by atoms with Gasteiger partial charge in [-0.1, -0.05) is 19.0 Å². The van der Waals surface area contributed by atoms with Gasteiger partial charge in [0.15, 0.2) is 0 Å². The molecule has 3 heterocycles. The van der Waals surface area contributed by atoms with Gasteiger partial charge in [-0.15, -0.1) is 35.4 Å².